The van der Waals surface area contributed by atoms with Crippen LogP contribution in [0.4, 0.5) is 0 Å². The second kappa shape index (κ2) is 7.44. The summed E-state index contributed by atoms with van der Waals surface area (Å²) in [6.45, 7) is 17.5. The van der Waals surface area contributed by atoms with Crippen LogP contribution < -0.4 is 10.6 Å². The van der Waals surface area contributed by atoms with Crippen molar-refractivity contribution in [1.82, 2.24) is 10.6 Å². The van der Waals surface area contributed by atoms with Crippen LogP contribution in [0.15, 0.2) is 12.7 Å². The van der Waals surface area contributed by atoms with E-state index in [2.05, 4.69) is 51.1 Å². The zero-order valence-electron chi connectivity index (χ0n) is 17.0. The molecular weight excluding hydrogens is 348 g/mol. The average molecular weight is 383 g/mol. The van der Waals surface area contributed by atoms with Crippen molar-refractivity contribution in [3.63, 3.8) is 0 Å². The minimum Gasteiger partial charge on any atom is -0.464 e. The first-order valence-electron chi connectivity index (χ1n) is 9.50. The fourth-order valence-electron chi connectivity index (χ4n) is 3.15. The minimum absolute atomic E-state index is 0.0274. The van der Waals surface area contributed by atoms with Gasteiger partial charge in [-0.1, -0.05) is 26.8 Å². The van der Waals surface area contributed by atoms with Crippen molar-refractivity contribution in [2.24, 2.45) is 5.92 Å². The molecule has 2 aliphatic rings. The molecule has 1 aliphatic heterocycles. The minimum atomic E-state index is -1.87. The summed E-state index contributed by atoms with van der Waals surface area (Å²) in [6.07, 6.45) is 2.91. The Kier molecular flexibility index (Phi) is 6.05. The first kappa shape index (κ1) is 21.1. The van der Waals surface area contributed by atoms with E-state index in [1.165, 1.54) is 0 Å². The molecule has 0 spiro atoms. The van der Waals surface area contributed by atoms with E-state index in [0.29, 0.717) is 26.0 Å². The Morgan fingerprint density at radius 3 is 2.54 bits per heavy atom. The smallest absolute Gasteiger partial charge is 0.332 e. The number of nitrogens with one attached hydrogen (secondary N) is 2. The molecule has 0 unspecified atom stereocenters. The lowest BCUT2D eigenvalue weighted by Crippen LogP contribution is -2.51. The van der Waals surface area contributed by atoms with Crippen LogP contribution >= 0.6 is 0 Å². The van der Waals surface area contributed by atoms with E-state index in [4.69, 9.17) is 9.16 Å². The molecule has 2 N–H and O–H groups in total. The summed E-state index contributed by atoms with van der Waals surface area (Å²) in [5, 5.41) is 6.29. The van der Waals surface area contributed by atoms with Gasteiger partial charge in [0.2, 0.25) is 5.91 Å². The Balaban J connectivity index is 1.95. The van der Waals surface area contributed by atoms with Crippen LogP contribution in [0.3, 0.4) is 0 Å². The molecule has 0 radical (unpaired) electrons. The summed E-state index contributed by atoms with van der Waals surface area (Å²) in [4.78, 5) is 25.0. The maximum atomic E-state index is 12.7. The van der Waals surface area contributed by atoms with Gasteiger partial charge in [0.1, 0.15) is 5.54 Å². The molecule has 4 atom stereocenters. The van der Waals surface area contributed by atoms with Gasteiger partial charge in [-0.3, -0.25) is 4.79 Å². The van der Waals surface area contributed by atoms with Crippen LogP contribution in [0.1, 0.15) is 40.5 Å². The zero-order valence-corrected chi connectivity index (χ0v) is 18.0. The third-order valence-corrected chi connectivity index (χ3v) is 10.5. The summed E-state index contributed by atoms with van der Waals surface area (Å²) in [5.74, 6) is -0.597. The Hall–Kier alpha value is -1.18. The summed E-state index contributed by atoms with van der Waals surface area (Å²) in [6, 6.07) is -0.345. The lowest BCUT2D eigenvalue weighted by Gasteiger charge is -2.38. The van der Waals surface area contributed by atoms with Crippen molar-refractivity contribution in [1.29, 1.82) is 0 Å². The summed E-state index contributed by atoms with van der Waals surface area (Å²) in [7, 11) is -1.87. The number of esters is 1. The van der Waals surface area contributed by atoms with Crippen molar-refractivity contribution in [2.45, 2.75) is 76.4 Å². The molecule has 26 heavy (non-hydrogen) atoms. The summed E-state index contributed by atoms with van der Waals surface area (Å²) in [5.41, 5.74) is -0.936. The van der Waals surface area contributed by atoms with E-state index in [9.17, 15) is 9.59 Å². The monoisotopic (exact) mass is 382 g/mol. The first-order valence-corrected chi connectivity index (χ1v) is 12.4. The fraction of sp³-hybridized carbons (Fsp3) is 0.789. The van der Waals surface area contributed by atoms with Crippen LogP contribution in [-0.2, 0) is 18.8 Å². The van der Waals surface area contributed by atoms with Gasteiger partial charge < -0.3 is 19.8 Å². The SMILES string of the molecule is C=C[C@@H]1C[C@]1(NC(=O)[C@@H]1C[C@@H](O[Si](C)(C)C(C)(C)C)CN1)C(=O)OCC. The molecule has 0 aromatic rings. The van der Waals surface area contributed by atoms with Gasteiger partial charge in [-0.15, -0.1) is 6.58 Å². The van der Waals surface area contributed by atoms with Gasteiger partial charge in [0, 0.05) is 12.5 Å². The van der Waals surface area contributed by atoms with E-state index in [1.807, 2.05) is 0 Å². The average Bonchev–Trinajstić information content (AvgIpc) is 3.05. The van der Waals surface area contributed by atoms with Gasteiger partial charge in [-0.25, -0.2) is 4.79 Å². The van der Waals surface area contributed by atoms with Crippen LogP contribution in [0.2, 0.25) is 18.1 Å². The Morgan fingerprint density at radius 2 is 2.04 bits per heavy atom. The highest BCUT2D eigenvalue weighted by Crippen LogP contribution is 2.45. The summed E-state index contributed by atoms with van der Waals surface area (Å²) >= 11 is 0. The van der Waals surface area contributed by atoms with Crippen LogP contribution in [0, 0.1) is 5.92 Å². The van der Waals surface area contributed by atoms with Crippen molar-refractivity contribution in [3.05, 3.63) is 12.7 Å². The van der Waals surface area contributed by atoms with E-state index < -0.39 is 13.9 Å². The third kappa shape index (κ3) is 4.21. The molecule has 2 fully saturated rings. The van der Waals surface area contributed by atoms with Crippen LogP contribution in [-0.4, -0.2) is 51.0 Å². The number of rotatable bonds is 7. The topological polar surface area (TPSA) is 76.7 Å². The highest BCUT2D eigenvalue weighted by atomic mass is 28.4. The highest BCUT2D eigenvalue weighted by molar-refractivity contribution is 6.74. The molecule has 148 valence electrons. The quantitative estimate of drug-likeness (QED) is 0.402. The second-order valence-corrected chi connectivity index (χ2v) is 13.7. The standard InChI is InChI=1S/C19H34N2O4Si/c1-8-13-11-19(13,17(23)24-9-2)21-16(22)15-10-14(12-20-15)25-26(6,7)18(3,4)5/h8,13-15,20H,1,9-12H2,2-7H3,(H,21,22)/t13-,14-,15+,19-/m1/s1. The van der Waals surface area contributed by atoms with Crippen molar-refractivity contribution >= 4 is 20.2 Å². The highest BCUT2D eigenvalue weighted by Gasteiger charge is 2.61. The number of hydrogen-bond acceptors (Lipinski definition) is 5. The number of ether oxygens (including phenoxy) is 1. The molecule has 1 saturated heterocycles. The molecule has 1 saturated carbocycles. The molecule has 6 nitrogen and oxygen atoms in total. The number of carbonyl (C=O) groups excluding carboxylic acids is 2. The molecule has 2 rings (SSSR count). The van der Waals surface area contributed by atoms with Crippen molar-refractivity contribution in [3.8, 4) is 0 Å². The normalized spacial score (nSPS) is 31.4. The van der Waals surface area contributed by atoms with E-state index >= 15 is 0 Å². The lowest BCUT2D eigenvalue weighted by atomic mass is 10.1. The molecule has 7 heteroatoms. The molecule has 0 bridgehead atoms. The van der Waals surface area contributed by atoms with Crippen molar-refractivity contribution in [2.75, 3.05) is 13.2 Å². The Morgan fingerprint density at radius 1 is 1.38 bits per heavy atom. The van der Waals surface area contributed by atoms with Gasteiger partial charge in [-0.05, 0) is 37.9 Å². The molecule has 0 aromatic heterocycles. The number of amides is 1. The van der Waals surface area contributed by atoms with Crippen LogP contribution in [0.25, 0.3) is 0 Å². The molecule has 0 aromatic carbocycles. The predicted octanol–water partition coefficient (Wildman–Crippen LogP) is 2.36. The lowest BCUT2D eigenvalue weighted by molar-refractivity contribution is -0.149. The summed E-state index contributed by atoms with van der Waals surface area (Å²) < 4.78 is 11.6. The fourth-order valence-corrected chi connectivity index (χ4v) is 4.52. The van der Waals surface area contributed by atoms with E-state index in [1.54, 1.807) is 13.0 Å². The predicted molar refractivity (Wildman–Crippen MR) is 104 cm³/mol. The second-order valence-electron chi connectivity index (χ2n) is 8.92. The van der Waals surface area contributed by atoms with Gasteiger partial charge in [-0.2, -0.15) is 0 Å². The Bertz CT molecular complexity index is 572. The third-order valence-electron chi connectivity index (χ3n) is 5.96. The maximum absolute atomic E-state index is 12.7. The number of hydrogen-bond donors (Lipinski definition) is 2. The molecular formula is C19H34N2O4Si. The molecule has 1 heterocycles. The van der Waals surface area contributed by atoms with E-state index in [-0.39, 0.29) is 35.0 Å². The zero-order chi connectivity index (χ0) is 19.8. The van der Waals surface area contributed by atoms with Crippen LogP contribution in [0.5, 0.6) is 0 Å². The Labute approximate surface area is 158 Å². The molecule has 1 aliphatic carbocycles. The maximum Gasteiger partial charge on any atom is 0.332 e. The van der Waals surface area contributed by atoms with Gasteiger partial charge in [0.25, 0.3) is 0 Å². The largest absolute Gasteiger partial charge is 0.464 e. The van der Waals surface area contributed by atoms with Gasteiger partial charge in [0.05, 0.1) is 18.8 Å². The van der Waals surface area contributed by atoms with Gasteiger partial charge in [0.15, 0.2) is 8.32 Å². The molecule has 1 amide bonds. The first-order chi connectivity index (χ1) is 12.0. The van der Waals surface area contributed by atoms with E-state index in [0.717, 1.165) is 0 Å². The number of carbonyl (C=O) groups is 2. The van der Waals surface area contributed by atoms with Crippen molar-refractivity contribution < 1.29 is 18.8 Å². The van der Waals surface area contributed by atoms with Gasteiger partial charge >= 0.3 is 5.97 Å².